The van der Waals surface area contributed by atoms with Gasteiger partial charge in [0.25, 0.3) is 0 Å². The highest BCUT2D eigenvalue weighted by Gasteiger charge is 2.13. The number of benzene rings is 1. The predicted octanol–water partition coefficient (Wildman–Crippen LogP) is 1.55. The Kier molecular flexibility index (Phi) is 3.79. The van der Waals surface area contributed by atoms with Gasteiger partial charge in [0.1, 0.15) is 6.33 Å². The molecule has 0 atom stereocenters. The Morgan fingerprint density at radius 2 is 2.26 bits per heavy atom. The lowest BCUT2D eigenvalue weighted by Gasteiger charge is -2.08. The quantitative estimate of drug-likeness (QED) is 0.666. The van der Waals surface area contributed by atoms with Crippen molar-refractivity contribution in [2.75, 3.05) is 5.73 Å². The molecule has 0 aliphatic rings. The Balaban J connectivity index is 2.08. The fourth-order valence-corrected chi connectivity index (χ4v) is 1.73. The predicted molar refractivity (Wildman–Crippen MR) is 70.4 cm³/mol. The van der Waals surface area contributed by atoms with Crippen molar-refractivity contribution in [3.63, 3.8) is 0 Å². The Labute approximate surface area is 111 Å². The third kappa shape index (κ3) is 2.73. The van der Waals surface area contributed by atoms with Gasteiger partial charge in [-0.25, -0.2) is 14.5 Å². The van der Waals surface area contributed by atoms with E-state index < -0.39 is 5.97 Å². The van der Waals surface area contributed by atoms with Crippen LogP contribution in [0.15, 0.2) is 24.5 Å². The molecule has 0 spiro atoms. The van der Waals surface area contributed by atoms with E-state index in [2.05, 4.69) is 10.1 Å². The highest BCUT2D eigenvalue weighted by Crippen LogP contribution is 2.17. The molecule has 6 heteroatoms. The van der Waals surface area contributed by atoms with Gasteiger partial charge in [-0.1, -0.05) is 12.1 Å². The molecule has 2 aromatic rings. The average molecular weight is 260 g/mol. The average Bonchev–Trinajstić information content (AvgIpc) is 2.86. The maximum absolute atomic E-state index is 12.0. The van der Waals surface area contributed by atoms with E-state index in [-0.39, 0.29) is 6.61 Å². The summed E-state index contributed by atoms with van der Waals surface area (Å²) in [5.74, 6) is 0.161. The first-order chi connectivity index (χ1) is 9.13. The van der Waals surface area contributed by atoms with Crippen molar-refractivity contribution in [2.24, 2.45) is 0 Å². The Bertz CT molecular complexity index is 592. The van der Waals surface area contributed by atoms with E-state index in [1.807, 2.05) is 19.9 Å². The zero-order valence-corrected chi connectivity index (χ0v) is 11.0. The zero-order chi connectivity index (χ0) is 13.8. The zero-order valence-electron chi connectivity index (χ0n) is 11.0. The van der Waals surface area contributed by atoms with Crippen molar-refractivity contribution in [1.82, 2.24) is 14.8 Å². The number of carbonyl (C=O) groups excluding carboxylic acids is 1. The fraction of sp³-hybridized carbons (Fsp3) is 0.308. The number of aryl methyl sites for hydroxylation is 2. The first-order valence-corrected chi connectivity index (χ1v) is 6.02. The lowest BCUT2D eigenvalue weighted by atomic mass is 10.1. The van der Waals surface area contributed by atoms with Gasteiger partial charge in [-0.2, -0.15) is 5.10 Å². The van der Waals surface area contributed by atoms with Gasteiger partial charge in [0.15, 0.2) is 12.4 Å². The Hall–Kier alpha value is -2.37. The molecule has 0 aliphatic carbocycles. The Morgan fingerprint density at radius 1 is 1.47 bits per heavy atom. The molecule has 0 fully saturated rings. The number of hydrogen-bond donors (Lipinski definition) is 1. The number of carbonyl (C=O) groups is 1. The molecule has 0 bridgehead atoms. The number of esters is 1. The number of aromatic nitrogens is 3. The standard InChI is InChI=1S/C13H16N4O2/c1-3-17-11(15-8-16-17)7-19-13(18)10-6-4-5-9(2)12(10)14/h4-6,8H,3,7,14H2,1-2H3. The van der Waals surface area contributed by atoms with Crippen LogP contribution in [-0.2, 0) is 17.9 Å². The van der Waals surface area contributed by atoms with Crippen LogP contribution in [0.1, 0.15) is 28.7 Å². The van der Waals surface area contributed by atoms with Crippen LogP contribution in [0.25, 0.3) is 0 Å². The summed E-state index contributed by atoms with van der Waals surface area (Å²) in [6.07, 6.45) is 1.44. The van der Waals surface area contributed by atoms with Crippen molar-refractivity contribution in [1.29, 1.82) is 0 Å². The number of para-hydroxylation sites is 1. The number of nitrogens with zero attached hydrogens (tertiary/aromatic N) is 3. The first-order valence-electron chi connectivity index (χ1n) is 6.02. The van der Waals surface area contributed by atoms with Gasteiger partial charge in [0.05, 0.1) is 5.56 Å². The molecule has 0 radical (unpaired) electrons. The summed E-state index contributed by atoms with van der Waals surface area (Å²) >= 11 is 0. The maximum atomic E-state index is 12.0. The molecule has 6 nitrogen and oxygen atoms in total. The molecule has 2 N–H and O–H groups in total. The van der Waals surface area contributed by atoms with Gasteiger partial charge >= 0.3 is 5.97 Å². The number of ether oxygens (including phenoxy) is 1. The summed E-state index contributed by atoms with van der Waals surface area (Å²) in [5, 5.41) is 4.01. The summed E-state index contributed by atoms with van der Waals surface area (Å²) in [6.45, 7) is 4.55. The van der Waals surface area contributed by atoms with Crippen molar-refractivity contribution >= 4 is 11.7 Å². The van der Waals surface area contributed by atoms with E-state index in [0.29, 0.717) is 23.6 Å². The molecule has 1 heterocycles. The van der Waals surface area contributed by atoms with Gasteiger partial charge < -0.3 is 10.5 Å². The number of rotatable bonds is 4. The summed E-state index contributed by atoms with van der Waals surface area (Å²) in [5.41, 5.74) is 7.53. The van der Waals surface area contributed by atoms with Crippen LogP contribution < -0.4 is 5.73 Å². The van der Waals surface area contributed by atoms with E-state index >= 15 is 0 Å². The molecule has 0 unspecified atom stereocenters. The molecule has 19 heavy (non-hydrogen) atoms. The molecule has 1 aromatic heterocycles. The lowest BCUT2D eigenvalue weighted by molar-refractivity contribution is 0.0458. The minimum atomic E-state index is -0.452. The summed E-state index contributed by atoms with van der Waals surface area (Å²) in [4.78, 5) is 16.0. The molecule has 0 amide bonds. The molecule has 2 rings (SSSR count). The molecular weight excluding hydrogens is 244 g/mol. The minimum absolute atomic E-state index is 0.0834. The second-order valence-corrected chi connectivity index (χ2v) is 4.10. The monoisotopic (exact) mass is 260 g/mol. The molecule has 1 aromatic carbocycles. The third-order valence-electron chi connectivity index (χ3n) is 2.87. The van der Waals surface area contributed by atoms with Gasteiger partial charge in [-0.05, 0) is 25.5 Å². The molecule has 0 saturated carbocycles. The van der Waals surface area contributed by atoms with E-state index in [4.69, 9.17) is 10.5 Å². The lowest BCUT2D eigenvalue weighted by Crippen LogP contribution is -2.12. The Morgan fingerprint density at radius 3 is 3.00 bits per heavy atom. The normalized spacial score (nSPS) is 10.4. The summed E-state index contributed by atoms with van der Waals surface area (Å²) in [7, 11) is 0. The van der Waals surface area contributed by atoms with Crippen LogP contribution in [0.3, 0.4) is 0 Å². The van der Waals surface area contributed by atoms with Crippen LogP contribution in [-0.4, -0.2) is 20.7 Å². The van der Waals surface area contributed by atoms with Crippen molar-refractivity contribution in [3.8, 4) is 0 Å². The van der Waals surface area contributed by atoms with E-state index in [1.165, 1.54) is 6.33 Å². The number of nitrogens with two attached hydrogens (primary N) is 1. The first kappa shape index (κ1) is 13.1. The van der Waals surface area contributed by atoms with Crippen LogP contribution >= 0.6 is 0 Å². The van der Waals surface area contributed by atoms with Crippen molar-refractivity contribution in [3.05, 3.63) is 41.5 Å². The minimum Gasteiger partial charge on any atom is -0.454 e. The molecular formula is C13H16N4O2. The number of hydrogen-bond acceptors (Lipinski definition) is 5. The topological polar surface area (TPSA) is 83.0 Å². The second kappa shape index (κ2) is 5.51. The van der Waals surface area contributed by atoms with E-state index in [9.17, 15) is 4.79 Å². The fourth-order valence-electron chi connectivity index (χ4n) is 1.73. The van der Waals surface area contributed by atoms with Gasteiger partial charge in [-0.3, -0.25) is 0 Å². The highest BCUT2D eigenvalue weighted by molar-refractivity contribution is 5.95. The third-order valence-corrected chi connectivity index (χ3v) is 2.87. The van der Waals surface area contributed by atoms with E-state index in [1.54, 1.807) is 16.8 Å². The van der Waals surface area contributed by atoms with Crippen LogP contribution in [0, 0.1) is 6.92 Å². The van der Waals surface area contributed by atoms with Crippen molar-refractivity contribution < 1.29 is 9.53 Å². The summed E-state index contributed by atoms with van der Waals surface area (Å²) in [6, 6.07) is 5.27. The second-order valence-electron chi connectivity index (χ2n) is 4.10. The SMILES string of the molecule is CCn1ncnc1COC(=O)c1cccc(C)c1N. The van der Waals surface area contributed by atoms with Crippen molar-refractivity contribution in [2.45, 2.75) is 27.0 Å². The smallest absolute Gasteiger partial charge is 0.340 e. The number of nitrogen functional groups attached to an aromatic ring is 1. The highest BCUT2D eigenvalue weighted by atomic mass is 16.5. The van der Waals surface area contributed by atoms with Gasteiger partial charge in [0, 0.05) is 12.2 Å². The van der Waals surface area contributed by atoms with Gasteiger partial charge in [-0.15, -0.1) is 0 Å². The van der Waals surface area contributed by atoms with Crippen LogP contribution in [0.5, 0.6) is 0 Å². The molecule has 0 aliphatic heterocycles. The van der Waals surface area contributed by atoms with Gasteiger partial charge in [0.2, 0.25) is 0 Å². The van der Waals surface area contributed by atoms with Crippen LogP contribution in [0.4, 0.5) is 5.69 Å². The van der Waals surface area contributed by atoms with E-state index in [0.717, 1.165) is 5.56 Å². The maximum Gasteiger partial charge on any atom is 0.340 e. The number of anilines is 1. The summed E-state index contributed by atoms with van der Waals surface area (Å²) < 4.78 is 6.88. The molecule has 100 valence electrons. The largest absolute Gasteiger partial charge is 0.454 e. The van der Waals surface area contributed by atoms with Crippen LogP contribution in [0.2, 0.25) is 0 Å². The molecule has 0 saturated heterocycles.